The fourth-order valence-corrected chi connectivity index (χ4v) is 2.78. The van der Waals surface area contributed by atoms with Crippen LogP contribution in [0.25, 0.3) is 0 Å². The molecule has 1 aromatic rings. The molecule has 0 fully saturated rings. The van der Waals surface area contributed by atoms with Gasteiger partial charge in [0, 0.05) is 4.88 Å². The van der Waals surface area contributed by atoms with E-state index in [0.717, 1.165) is 37.7 Å². The molecule has 0 saturated heterocycles. The van der Waals surface area contributed by atoms with Crippen LogP contribution in [0.3, 0.4) is 0 Å². The van der Waals surface area contributed by atoms with Crippen LogP contribution >= 0.6 is 11.3 Å². The molecule has 0 spiro atoms. The second-order valence-corrected chi connectivity index (χ2v) is 5.11. The topological polar surface area (TPSA) is 30.0 Å². The van der Waals surface area contributed by atoms with Crippen LogP contribution in [0.5, 0.6) is 0 Å². The number of unbranched alkanes of at least 4 members (excludes halogenated alkanes) is 1. The Balaban J connectivity index is 1.79. The van der Waals surface area contributed by atoms with Gasteiger partial charge in [-0.25, -0.2) is 4.98 Å². The van der Waals surface area contributed by atoms with Gasteiger partial charge in [-0.15, -0.1) is 11.3 Å². The van der Waals surface area contributed by atoms with E-state index in [0.29, 0.717) is 0 Å². The molecule has 1 heterocycles. The minimum atomic E-state index is 0.188. The van der Waals surface area contributed by atoms with E-state index >= 15 is 0 Å². The maximum atomic E-state index is 11.3. The van der Waals surface area contributed by atoms with Crippen LogP contribution in [-0.2, 0) is 17.6 Å². The lowest BCUT2D eigenvalue weighted by atomic mass is 10.1. The molecule has 0 atom stereocenters. The summed E-state index contributed by atoms with van der Waals surface area (Å²) in [5, 5.41) is 0. The van der Waals surface area contributed by atoms with Gasteiger partial charge in [-0.3, -0.25) is 4.79 Å². The summed E-state index contributed by atoms with van der Waals surface area (Å²) in [6.45, 7) is 2.17. The van der Waals surface area contributed by atoms with Crippen molar-refractivity contribution in [3.8, 4) is 0 Å². The number of allylic oxidation sites excluding steroid dienone is 4. The van der Waals surface area contributed by atoms with Crippen LogP contribution in [0.15, 0.2) is 29.3 Å². The maximum Gasteiger partial charge on any atom is 0.181 e. The van der Waals surface area contributed by atoms with E-state index in [4.69, 9.17) is 0 Å². The van der Waals surface area contributed by atoms with Gasteiger partial charge in [-0.1, -0.05) is 19.1 Å². The molecular weight excluding hydrogens is 230 g/mol. The van der Waals surface area contributed by atoms with Crippen LogP contribution in [0.2, 0.25) is 0 Å². The Morgan fingerprint density at radius 1 is 1.53 bits per heavy atom. The number of aromatic nitrogens is 1. The summed E-state index contributed by atoms with van der Waals surface area (Å²) in [5.41, 5.74) is 4.13. The summed E-state index contributed by atoms with van der Waals surface area (Å²) in [5.74, 6) is 0.188. The SMILES string of the molecule is CCc1scnc1CCC/C=C1\CC=CC1=O. The van der Waals surface area contributed by atoms with Crippen LogP contribution in [-0.4, -0.2) is 10.8 Å². The fraction of sp³-hybridized carbons (Fsp3) is 0.429. The molecule has 0 bridgehead atoms. The average molecular weight is 247 g/mol. The van der Waals surface area contributed by atoms with Crippen molar-refractivity contribution < 1.29 is 4.79 Å². The van der Waals surface area contributed by atoms with Gasteiger partial charge in [0.25, 0.3) is 0 Å². The largest absolute Gasteiger partial charge is 0.290 e. The zero-order valence-electron chi connectivity index (χ0n) is 10.1. The molecule has 0 amide bonds. The second kappa shape index (κ2) is 5.92. The van der Waals surface area contributed by atoms with Gasteiger partial charge in [0.1, 0.15) is 0 Å². The van der Waals surface area contributed by atoms with Gasteiger partial charge in [0.2, 0.25) is 0 Å². The van der Waals surface area contributed by atoms with E-state index in [2.05, 4.69) is 18.0 Å². The van der Waals surface area contributed by atoms with Gasteiger partial charge in [-0.2, -0.15) is 0 Å². The van der Waals surface area contributed by atoms with E-state index < -0.39 is 0 Å². The molecule has 0 unspecified atom stereocenters. The number of aryl methyl sites for hydroxylation is 2. The van der Waals surface area contributed by atoms with Crippen molar-refractivity contribution in [2.24, 2.45) is 0 Å². The molecule has 1 aromatic heterocycles. The number of hydrogen-bond acceptors (Lipinski definition) is 3. The highest BCUT2D eigenvalue weighted by atomic mass is 32.1. The van der Waals surface area contributed by atoms with Crippen molar-refractivity contribution in [1.82, 2.24) is 4.98 Å². The summed E-state index contributed by atoms with van der Waals surface area (Å²) in [4.78, 5) is 17.1. The number of hydrogen-bond donors (Lipinski definition) is 0. The standard InChI is InChI=1S/C14H17NOS/c1-2-14-12(15-10-17-14)8-4-3-6-11-7-5-9-13(11)16/h5-6,9-10H,2-4,7-8H2,1H3/b11-6+. The lowest BCUT2D eigenvalue weighted by Gasteiger charge is -1.99. The molecule has 90 valence electrons. The molecule has 0 N–H and O–H groups in total. The Labute approximate surface area is 106 Å². The van der Waals surface area contributed by atoms with Crippen LogP contribution < -0.4 is 0 Å². The lowest BCUT2D eigenvalue weighted by Crippen LogP contribution is -1.93. The molecule has 3 heteroatoms. The van der Waals surface area contributed by atoms with Crippen molar-refractivity contribution in [3.05, 3.63) is 39.9 Å². The first-order valence-electron chi connectivity index (χ1n) is 6.12. The van der Waals surface area contributed by atoms with Crippen molar-refractivity contribution in [3.63, 3.8) is 0 Å². The second-order valence-electron chi connectivity index (χ2n) is 4.17. The third-order valence-corrected chi connectivity index (χ3v) is 4.00. The Morgan fingerprint density at radius 3 is 3.12 bits per heavy atom. The smallest absolute Gasteiger partial charge is 0.181 e. The molecule has 0 radical (unpaired) electrons. The number of rotatable bonds is 5. The zero-order valence-corrected chi connectivity index (χ0v) is 10.9. The van der Waals surface area contributed by atoms with Crippen LogP contribution in [0, 0.1) is 0 Å². The number of nitrogens with zero attached hydrogens (tertiary/aromatic N) is 1. The number of carbonyl (C=O) groups excluding carboxylic acids is 1. The molecule has 0 aliphatic heterocycles. The van der Waals surface area contributed by atoms with E-state index in [1.54, 1.807) is 17.4 Å². The summed E-state index contributed by atoms with van der Waals surface area (Å²) in [6, 6.07) is 0. The van der Waals surface area contributed by atoms with Crippen molar-refractivity contribution in [2.45, 2.75) is 39.0 Å². The van der Waals surface area contributed by atoms with Crippen molar-refractivity contribution in [2.75, 3.05) is 0 Å². The van der Waals surface area contributed by atoms with E-state index in [1.807, 2.05) is 11.6 Å². The minimum absolute atomic E-state index is 0.188. The highest BCUT2D eigenvalue weighted by molar-refractivity contribution is 7.09. The number of thiazole rings is 1. The zero-order chi connectivity index (χ0) is 12.1. The predicted molar refractivity (Wildman–Crippen MR) is 71.3 cm³/mol. The van der Waals surface area contributed by atoms with E-state index in [1.165, 1.54) is 10.6 Å². The maximum absolute atomic E-state index is 11.3. The normalized spacial score (nSPS) is 17.2. The van der Waals surface area contributed by atoms with Gasteiger partial charge >= 0.3 is 0 Å². The summed E-state index contributed by atoms with van der Waals surface area (Å²) >= 11 is 1.74. The van der Waals surface area contributed by atoms with Gasteiger partial charge < -0.3 is 0 Å². The Bertz CT molecular complexity index is 457. The third-order valence-electron chi connectivity index (χ3n) is 2.98. The van der Waals surface area contributed by atoms with Gasteiger partial charge in [0.15, 0.2) is 5.78 Å². The monoisotopic (exact) mass is 247 g/mol. The molecular formula is C14H17NOS. The first-order valence-corrected chi connectivity index (χ1v) is 7.00. The fourth-order valence-electron chi connectivity index (χ4n) is 2.02. The van der Waals surface area contributed by atoms with E-state index in [9.17, 15) is 4.79 Å². The first-order chi connectivity index (χ1) is 8.31. The molecule has 2 rings (SSSR count). The first kappa shape index (κ1) is 12.2. The van der Waals surface area contributed by atoms with Crippen molar-refractivity contribution >= 4 is 17.1 Å². The molecule has 1 aliphatic rings. The summed E-state index contributed by atoms with van der Waals surface area (Å²) in [6.07, 6.45) is 10.7. The number of ketones is 1. The molecule has 1 aliphatic carbocycles. The summed E-state index contributed by atoms with van der Waals surface area (Å²) in [7, 11) is 0. The molecule has 17 heavy (non-hydrogen) atoms. The number of carbonyl (C=O) groups is 1. The van der Waals surface area contributed by atoms with Crippen LogP contribution in [0.1, 0.15) is 36.8 Å². The van der Waals surface area contributed by atoms with Crippen LogP contribution in [0.4, 0.5) is 0 Å². The predicted octanol–water partition coefficient (Wildman–Crippen LogP) is 3.48. The Morgan fingerprint density at radius 2 is 2.41 bits per heavy atom. The summed E-state index contributed by atoms with van der Waals surface area (Å²) < 4.78 is 0. The molecule has 2 nitrogen and oxygen atoms in total. The van der Waals surface area contributed by atoms with Crippen molar-refractivity contribution in [1.29, 1.82) is 0 Å². The minimum Gasteiger partial charge on any atom is -0.290 e. The van der Waals surface area contributed by atoms with Gasteiger partial charge in [-0.05, 0) is 43.8 Å². The highest BCUT2D eigenvalue weighted by Gasteiger charge is 2.09. The molecule has 0 saturated carbocycles. The highest BCUT2D eigenvalue weighted by Crippen LogP contribution is 2.18. The quantitative estimate of drug-likeness (QED) is 0.589. The van der Waals surface area contributed by atoms with Gasteiger partial charge in [0.05, 0.1) is 11.2 Å². The molecule has 0 aromatic carbocycles. The Hall–Kier alpha value is -1.22. The third kappa shape index (κ3) is 3.13. The lowest BCUT2D eigenvalue weighted by molar-refractivity contribution is -0.111. The Kier molecular flexibility index (Phi) is 4.26. The average Bonchev–Trinajstić information content (AvgIpc) is 2.93. The van der Waals surface area contributed by atoms with E-state index in [-0.39, 0.29) is 5.78 Å².